The number of allylic oxidation sites excluding steroid dienone is 4. The summed E-state index contributed by atoms with van der Waals surface area (Å²) in [5.41, 5.74) is 1.50. The smallest absolute Gasteiger partial charge is 0.0997 e. The SMILES string of the molecule is CCC(C)C1CCOC2=C1C=CCC2. The van der Waals surface area contributed by atoms with Gasteiger partial charge >= 0.3 is 0 Å². The predicted octanol–water partition coefficient (Wildman–Crippen LogP) is 3.67. The molecule has 14 heavy (non-hydrogen) atoms. The molecule has 0 amide bonds. The molecule has 2 aliphatic rings. The Hall–Kier alpha value is -0.720. The van der Waals surface area contributed by atoms with Gasteiger partial charge in [0.05, 0.1) is 12.4 Å². The molecule has 2 rings (SSSR count). The van der Waals surface area contributed by atoms with Gasteiger partial charge in [0.15, 0.2) is 0 Å². The van der Waals surface area contributed by atoms with Gasteiger partial charge in [-0.1, -0.05) is 32.4 Å². The molecule has 2 unspecified atom stereocenters. The highest BCUT2D eigenvalue weighted by molar-refractivity contribution is 5.30. The first-order valence-corrected chi connectivity index (χ1v) is 5.85. The number of hydrogen-bond donors (Lipinski definition) is 0. The summed E-state index contributed by atoms with van der Waals surface area (Å²) in [6, 6.07) is 0. The molecule has 1 heteroatoms. The molecule has 0 saturated heterocycles. The van der Waals surface area contributed by atoms with E-state index in [-0.39, 0.29) is 0 Å². The van der Waals surface area contributed by atoms with Crippen molar-refractivity contribution in [2.75, 3.05) is 6.61 Å². The van der Waals surface area contributed by atoms with Crippen molar-refractivity contribution < 1.29 is 4.74 Å². The second-order valence-electron chi connectivity index (χ2n) is 4.45. The lowest BCUT2D eigenvalue weighted by molar-refractivity contribution is 0.141. The van der Waals surface area contributed by atoms with Crippen LogP contribution in [0.1, 0.15) is 39.5 Å². The highest BCUT2D eigenvalue weighted by Crippen LogP contribution is 2.37. The van der Waals surface area contributed by atoms with Gasteiger partial charge in [-0.25, -0.2) is 0 Å². The zero-order chi connectivity index (χ0) is 9.97. The van der Waals surface area contributed by atoms with E-state index in [1.807, 2.05) is 0 Å². The zero-order valence-corrected chi connectivity index (χ0v) is 9.25. The third-order valence-corrected chi connectivity index (χ3v) is 3.59. The predicted molar refractivity (Wildman–Crippen MR) is 58.9 cm³/mol. The summed E-state index contributed by atoms with van der Waals surface area (Å²) in [5, 5.41) is 0. The Morgan fingerprint density at radius 1 is 1.57 bits per heavy atom. The molecule has 0 aromatic rings. The third kappa shape index (κ3) is 1.73. The first-order chi connectivity index (χ1) is 6.83. The minimum Gasteiger partial charge on any atom is -0.498 e. The van der Waals surface area contributed by atoms with E-state index in [0.717, 1.165) is 31.3 Å². The maximum atomic E-state index is 5.74. The van der Waals surface area contributed by atoms with E-state index in [2.05, 4.69) is 26.0 Å². The van der Waals surface area contributed by atoms with Crippen molar-refractivity contribution in [2.24, 2.45) is 11.8 Å². The van der Waals surface area contributed by atoms with Gasteiger partial charge in [0.2, 0.25) is 0 Å². The Morgan fingerprint density at radius 2 is 2.43 bits per heavy atom. The molecule has 0 N–H and O–H groups in total. The molecule has 2 atom stereocenters. The first-order valence-electron chi connectivity index (χ1n) is 5.85. The quantitative estimate of drug-likeness (QED) is 0.648. The van der Waals surface area contributed by atoms with E-state index < -0.39 is 0 Å². The molecule has 0 saturated carbocycles. The maximum Gasteiger partial charge on any atom is 0.0997 e. The second-order valence-corrected chi connectivity index (χ2v) is 4.45. The van der Waals surface area contributed by atoms with Crippen LogP contribution in [0, 0.1) is 11.8 Å². The van der Waals surface area contributed by atoms with Crippen LogP contribution < -0.4 is 0 Å². The minimum atomic E-state index is 0.750. The molecule has 78 valence electrons. The molecule has 0 fully saturated rings. The lowest BCUT2D eigenvalue weighted by Crippen LogP contribution is -2.23. The standard InChI is InChI=1S/C13H20O/c1-3-10(2)11-8-9-14-13-7-5-4-6-12(11)13/h4,6,10-11H,3,5,7-9H2,1-2H3. The molecule has 0 aromatic carbocycles. The molecule has 1 aliphatic heterocycles. The van der Waals surface area contributed by atoms with Gasteiger partial charge in [-0.3, -0.25) is 0 Å². The fourth-order valence-electron chi connectivity index (χ4n) is 2.49. The average Bonchev–Trinajstić information content (AvgIpc) is 2.27. The van der Waals surface area contributed by atoms with Gasteiger partial charge in [-0.05, 0) is 30.3 Å². The summed E-state index contributed by atoms with van der Waals surface area (Å²) in [6.45, 7) is 5.58. The third-order valence-electron chi connectivity index (χ3n) is 3.59. The summed E-state index contributed by atoms with van der Waals surface area (Å²) in [5.74, 6) is 2.83. The van der Waals surface area contributed by atoms with Gasteiger partial charge in [-0.15, -0.1) is 0 Å². The van der Waals surface area contributed by atoms with Crippen molar-refractivity contribution in [3.05, 3.63) is 23.5 Å². The van der Waals surface area contributed by atoms with Gasteiger partial charge in [0, 0.05) is 6.42 Å². The minimum absolute atomic E-state index is 0.750. The van der Waals surface area contributed by atoms with Gasteiger partial charge in [0.25, 0.3) is 0 Å². The van der Waals surface area contributed by atoms with Crippen LogP contribution >= 0.6 is 0 Å². The molecule has 0 spiro atoms. The summed E-state index contributed by atoms with van der Waals surface area (Å²) in [4.78, 5) is 0. The van der Waals surface area contributed by atoms with Crippen LogP contribution in [0.3, 0.4) is 0 Å². The molecular weight excluding hydrogens is 172 g/mol. The molecule has 1 aliphatic carbocycles. The van der Waals surface area contributed by atoms with Gasteiger partial charge < -0.3 is 4.74 Å². The summed E-state index contributed by atoms with van der Waals surface area (Å²) in [7, 11) is 0. The van der Waals surface area contributed by atoms with Crippen LogP contribution in [0.25, 0.3) is 0 Å². The molecule has 0 radical (unpaired) electrons. The fraction of sp³-hybridized carbons (Fsp3) is 0.692. The van der Waals surface area contributed by atoms with Crippen LogP contribution in [0.2, 0.25) is 0 Å². The molecule has 1 nitrogen and oxygen atoms in total. The van der Waals surface area contributed by atoms with Gasteiger partial charge in [0.1, 0.15) is 0 Å². The van der Waals surface area contributed by atoms with E-state index in [9.17, 15) is 0 Å². The summed E-state index contributed by atoms with van der Waals surface area (Å²) in [6.07, 6.45) is 9.36. The van der Waals surface area contributed by atoms with Crippen LogP contribution in [0.4, 0.5) is 0 Å². The number of hydrogen-bond acceptors (Lipinski definition) is 1. The van der Waals surface area contributed by atoms with E-state index in [4.69, 9.17) is 4.74 Å². The van der Waals surface area contributed by atoms with E-state index >= 15 is 0 Å². The Kier molecular flexibility index (Phi) is 2.95. The Labute approximate surface area is 86.8 Å². The van der Waals surface area contributed by atoms with Crippen molar-refractivity contribution in [2.45, 2.75) is 39.5 Å². The van der Waals surface area contributed by atoms with E-state index in [0.29, 0.717) is 0 Å². The Bertz CT molecular complexity index is 262. The van der Waals surface area contributed by atoms with Crippen molar-refractivity contribution >= 4 is 0 Å². The topological polar surface area (TPSA) is 9.23 Å². The van der Waals surface area contributed by atoms with E-state index in [1.54, 1.807) is 0 Å². The summed E-state index contributed by atoms with van der Waals surface area (Å²) >= 11 is 0. The lowest BCUT2D eigenvalue weighted by atomic mass is 9.79. The number of ether oxygens (including phenoxy) is 1. The monoisotopic (exact) mass is 192 g/mol. The van der Waals surface area contributed by atoms with Crippen molar-refractivity contribution in [1.29, 1.82) is 0 Å². The second kappa shape index (κ2) is 4.20. The molecule has 0 bridgehead atoms. The van der Waals surface area contributed by atoms with Crippen LogP contribution in [-0.4, -0.2) is 6.61 Å². The van der Waals surface area contributed by atoms with Gasteiger partial charge in [-0.2, -0.15) is 0 Å². The number of rotatable bonds is 2. The summed E-state index contributed by atoms with van der Waals surface area (Å²) < 4.78 is 5.74. The molecule has 1 heterocycles. The Balaban J connectivity index is 2.21. The van der Waals surface area contributed by atoms with Crippen molar-refractivity contribution in [3.8, 4) is 0 Å². The van der Waals surface area contributed by atoms with Crippen molar-refractivity contribution in [1.82, 2.24) is 0 Å². The highest BCUT2D eigenvalue weighted by Gasteiger charge is 2.27. The molecule has 0 aromatic heterocycles. The average molecular weight is 192 g/mol. The first kappa shape index (κ1) is 9.82. The maximum absolute atomic E-state index is 5.74. The van der Waals surface area contributed by atoms with Crippen LogP contribution in [0.5, 0.6) is 0 Å². The highest BCUT2D eigenvalue weighted by atomic mass is 16.5. The Morgan fingerprint density at radius 3 is 3.21 bits per heavy atom. The lowest BCUT2D eigenvalue weighted by Gasteiger charge is -2.32. The zero-order valence-electron chi connectivity index (χ0n) is 9.25. The van der Waals surface area contributed by atoms with Crippen LogP contribution in [0.15, 0.2) is 23.5 Å². The molecular formula is C13H20O. The normalized spacial score (nSPS) is 28.3. The van der Waals surface area contributed by atoms with E-state index in [1.165, 1.54) is 24.2 Å². The largest absolute Gasteiger partial charge is 0.498 e. The van der Waals surface area contributed by atoms with Crippen LogP contribution in [-0.2, 0) is 4.74 Å². The fourth-order valence-corrected chi connectivity index (χ4v) is 2.49. The van der Waals surface area contributed by atoms with Crippen molar-refractivity contribution in [3.63, 3.8) is 0 Å².